The zero-order valence-corrected chi connectivity index (χ0v) is 15.3. The van der Waals surface area contributed by atoms with E-state index in [-0.39, 0.29) is 11.8 Å². The Morgan fingerprint density at radius 1 is 1.17 bits per heavy atom. The maximum atomic E-state index is 12.3. The quantitative estimate of drug-likeness (QED) is 0.786. The number of carbonyl (C=O) groups is 2. The number of amides is 2. The summed E-state index contributed by atoms with van der Waals surface area (Å²) >= 11 is 5.99. The highest BCUT2D eigenvalue weighted by molar-refractivity contribution is 6.30. The van der Waals surface area contributed by atoms with Gasteiger partial charge in [0.1, 0.15) is 0 Å². The van der Waals surface area contributed by atoms with Gasteiger partial charge in [0.05, 0.1) is 0 Å². The number of piperazine rings is 1. The van der Waals surface area contributed by atoms with Gasteiger partial charge in [0, 0.05) is 57.6 Å². The molecule has 0 atom stereocenters. The van der Waals surface area contributed by atoms with E-state index in [1.165, 1.54) is 0 Å². The molecule has 0 unspecified atom stereocenters. The summed E-state index contributed by atoms with van der Waals surface area (Å²) < 4.78 is 0. The number of likely N-dealkylation sites (N-methyl/N-ethyl adjacent to an activating group) is 1. The first kappa shape index (κ1) is 18.7. The molecular formula is C18H26ClN3O2. The van der Waals surface area contributed by atoms with Crippen LogP contribution in [0.25, 0.3) is 0 Å². The van der Waals surface area contributed by atoms with E-state index < -0.39 is 0 Å². The van der Waals surface area contributed by atoms with E-state index in [4.69, 9.17) is 11.6 Å². The topological polar surface area (TPSA) is 43.9 Å². The highest BCUT2D eigenvalue weighted by Crippen LogP contribution is 2.12. The third-order valence-electron chi connectivity index (χ3n) is 4.46. The van der Waals surface area contributed by atoms with Crippen molar-refractivity contribution in [2.75, 3.05) is 46.3 Å². The van der Waals surface area contributed by atoms with E-state index in [1.807, 2.05) is 29.2 Å². The molecule has 0 aromatic heterocycles. The smallest absolute Gasteiger partial charge is 0.224 e. The van der Waals surface area contributed by atoms with Gasteiger partial charge < -0.3 is 14.7 Å². The van der Waals surface area contributed by atoms with Crippen LogP contribution in [0, 0.1) is 0 Å². The van der Waals surface area contributed by atoms with Gasteiger partial charge in [-0.2, -0.15) is 0 Å². The monoisotopic (exact) mass is 351 g/mol. The lowest BCUT2D eigenvalue weighted by atomic mass is 10.1. The fraction of sp³-hybridized carbons (Fsp3) is 0.556. The number of nitrogens with zero attached hydrogens (tertiary/aromatic N) is 3. The van der Waals surface area contributed by atoms with Crippen molar-refractivity contribution in [3.8, 4) is 0 Å². The van der Waals surface area contributed by atoms with Gasteiger partial charge >= 0.3 is 0 Å². The molecule has 1 fully saturated rings. The molecule has 5 nitrogen and oxygen atoms in total. The normalized spacial score (nSPS) is 15.4. The lowest BCUT2D eigenvalue weighted by molar-refractivity contribution is -0.134. The zero-order valence-electron chi connectivity index (χ0n) is 14.5. The third-order valence-corrected chi connectivity index (χ3v) is 4.69. The number of hydrogen-bond acceptors (Lipinski definition) is 3. The minimum Gasteiger partial charge on any atom is -0.342 e. The first-order chi connectivity index (χ1) is 11.5. The van der Waals surface area contributed by atoms with E-state index in [0.717, 1.165) is 38.2 Å². The van der Waals surface area contributed by atoms with Gasteiger partial charge in [-0.25, -0.2) is 0 Å². The molecule has 6 heteroatoms. The first-order valence-corrected chi connectivity index (χ1v) is 8.80. The van der Waals surface area contributed by atoms with Crippen LogP contribution in [0.4, 0.5) is 0 Å². The Hall–Kier alpha value is -1.59. The Labute approximate surface area is 149 Å². The molecule has 0 aliphatic carbocycles. The molecule has 0 spiro atoms. The molecule has 0 bridgehead atoms. The van der Waals surface area contributed by atoms with Gasteiger partial charge in [0.15, 0.2) is 0 Å². The van der Waals surface area contributed by atoms with Gasteiger partial charge in [-0.05, 0) is 31.2 Å². The van der Waals surface area contributed by atoms with Crippen molar-refractivity contribution in [3.63, 3.8) is 0 Å². The molecule has 2 amide bonds. The third kappa shape index (κ3) is 5.80. The Balaban J connectivity index is 1.80. The molecule has 0 radical (unpaired) electrons. The average Bonchev–Trinajstić information content (AvgIpc) is 2.55. The van der Waals surface area contributed by atoms with Crippen LogP contribution in [0.2, 0.25) is 5.02 Å². The summed E-state index contributed by atoms with van der Waals surface area (Å²) in [5.41, 5.74) is 1.10. The van der Waals surface area contributed by atoms with Crippen LogP contribution in [0.3, 0.4) is 0 Å². The summed E-state index contributed by atoms with van der Waals surface area (Å²) in [5, 5.41) is 0.701. The summed E-state index contributed by atoms with van der Waals surface area (Å²) in [6.07, 6.45) is 1.13. The molecule has 0 saturated carbocycles. The Bertz CT molecular complexity index is 571. The standard InChI is InChI=1S/C18H26ClN3O2/c1-15(23)21(8-6-16-4-3-5-17(19)14-16)9-7-18(24)22-12-10-20(2)11-13-22/h3-5,14H,6-13H2,1-2H3. The summed E-state index contributed by atoms with van der Waals surface area (Å²) in [7, 11) is 2.06. The van der Waals surface area contributed by atoms with Crippen LogP contribution in [0.5, 0.6) is 0 Å². The first-order valence-electron chi connectivity index (χ1n) is 8.42. The molecule has 0 N–H and O–H groups in total. The van der Waals surface area contributed by atoms with Crippen molar-refractivity contribution >= 4 is 23.4 Å². The SMILES string of the molecule is CC(=O)N(CCC(=O)N1CCN(C)CC1)CCc1cccc(Cl)c1. The fourth-order valence-corrected chi connectivity index (χ4v) is 3.04. The van der Waals surface area contributed by atoms with Crippen molar-refractivity contribution in [2.45, 2.75) is 19.8 Å². The van der Waals surface area contributed by atoms with Gasteiger partial charge in [-0.15, -0.1) is 0 Å². The Morgan fingerprint density at radius 2 is 1.88 bits per heavy atom. The fourth-order valence-electron chi connectivity index (χ4n) is 2.83. The predicted octanol–water partition coefficient (Wildman–Crippen LogP) is 1.90. The van der Waals surface area contributed by atoms with Crippen molar-refractivity contribution in [2.24, 2.45) is 0 Å². The lowest BCUT2D eigenvalue weighted by Crippen LogP contribution is -2.48. The van der Waals surface area contributed by atoms with E-state index in [2.05, 4.69) is 11.9 Å². The number of halogens is 1. The van der Waals surface area contributed by atoms with E-state index in [9.17, 15) is 9.59 Å². The van der Waals surface area contributed by atoms with Crippen LogP contribution in [-0.2, 0) is 16.0 Å². The largest absolute Gasteiger partial charge is 0.342 e. The molecule has 1 aromatic carbocycles. The van der Waals surface area contributed by atoms with Gasteiger partial charge in [0.2, 0.25) is 11.8 Å². The second kappa shape index (κ2) is 9.04. The minimum absolute atomic E-state index is 0.00297. The Kier molecular flexibility index (Phi) is 7.06. The van der Waals surface area contributed by atoms with Gasteiger partial charge in [-0.3, -0.25) is 9.59 Å². The molecule has 1 heterocycles. The molecule has 2 rings (SSSR count). The van der Waals surface area contributed by atoms with E-state index >= 15 is 0 Å². The summed E-state index contributed by atoms with van der Waals surface area (Å²) in [6.45, 7) is 6.01. The van der Waals surface area contributed by atoms with E-state index in [1.54, 1.807) is 11.8 Å². The molecule has 24 heavy (non-hydrogen) atoms. The summed E-state index contributed by atoms with van der Waals surface area (Å²) in [6, 6.07) is 7.66. The molecule has 1 aliphatic heterocycles. The van der Waals surface area contributed by atoms with Crippen molar-refractivity contribution in [1.82, 2.24) is 14.7 Å². The molecular weight excluding hydrogens is 326 g/mol. The highest BCUT2D eigenvalue weighted by atomic mass is 35.5. The van der Waals surface area contributed by atoms with Crippen molar-refractivity contribution in [3.05, 3.63) is 34.9 Å². The summed E-state index contributed by atoms with van der Waals surface area (Å²) in [5.74, 6) is 0.139. The van der Waals surface area contributed by atoms with Gasteiger partial charge in [-0.1, -0.05) is 23.7 Å². The van der Waals surface area contributed by atoms with Crippen LogP contribution >= 0.6 is 11.6 Å². The Morgan fingerprint density at radius 3 is 2.50 bits per heavy atom. The van der Waals surface area contributed by atoms with Crippen LogP contribution in [0.15, 0.2) is 24.3 Å². The summed E-state index contributed by atoms with van der Waals surface area (Å²) in [4.78, 5) is 30.0. The second-order valence-corrected chi connectivity index (χ2v) is 6.76. The number of carbonyl (C=O) groups excluding carboxylic acids is 2. The van der Waals surface area contributed by atoms with Crippen LogP contribution < -0.4 is 0 Å². The number of benzene rings is 1. The maximum Gasteiger partial charge on any atom is 0.224 e. The van der Waals surface area contributed by atoms with Crippen molar-refractivity contribution in [1.29, 1.82) is 0 Å². The lowest BCUT2D eigenvalue weighted by Gasteiger charge is -2.33. The molecule has 1 saturated heterocycles. The number of hydrogen-bond donors (Lipinski definition) is 0. The van der Waals surface area contributed by atoms with Gasteiger partial charge in [0.25, 0.3) is 0 Å². The van der Waals surface area contributed by atoms with Crippen LogP contribution in [0.1, 0.15) is 18.9 Å². The zero-order chi connectivity index (χ0) is 17.5. The molecule has 132 valence electrons. The minimum atomic E-state index is 0.00297. The number of rotatable bonds is 6. The van der Waals surface area contributed by atoms with Crippen LogP contribution in [-0.4, -0.2) is 72.8 Å². The van der Waals surface area contributed by atoms with Crippen molar-refractivity contribution < 1.29 is 9.59 Å². The maximum absolute atomic E-state index is 12.3. The average molecular weight is 352 g/mol. The predicted molar refractivity (Wildman–Crippen MR) is 96.1 cm³/mol. The molecule has 1 aliphatic rings. The molecule has 1 aromatic rings. The highest BCUT2D eigenvalue weighted by Gasteiger charge is 2.20. The second-order valence-electron chi connectivity index (χ2n) is 6.32. The van der Waals surface area contributed by atoms with E-state index in [0.29, 0.717) is 24.5 Å².